The van der Waals surface area contributed by atoms with E-state index in [4.69, 9.17) is 11.5 Å². The fourth-order valence-electron chi connectivity index (χ4n) is 3.60. The van der Waals surface area contributed by atoms with E-state index in [-0.39, 0.29) is 42.9 Å². The van der Waals surface area contributed by atoms with E-state index in [1.165, 1.54) is 36.4 Å². The number of aromatic hydroxyl groups is 2. The zero-order valence-electron chi connectivity index (χ0n) is 21.4. The van der Waals surface area contributed by atoms with Crippen molar-refractivity contribution in [2.24, 2.45) is 11.5 Å². The van der Waals surface area contributed by atoms with Gasteiger partial charge in [-0.3, -0.25) is 19.2 Å². The molecule has 0 fully saturated rings. The van der Waals surface area contributed by atoms with Crippen molar-refractivity contribution in [3.63, 3.8) is 0 Å². The predicted molar refractivity (Wildman–Crippen MR) is 147 cm³/mol. The molecule has 0 aliphatic carbocycles. The van der Waals surface area contributed by atoms with E-state index in [1.807, 2.05) is 0 Å². The van der Waals surface area contributed by atoms with Gasteiger partial charge in [0.2, 0.25) is 23.6 Å². The number of carboxylic acids is 1. The third-order valence-corrected chi connectivity index (χ3v) is 6.24. The fourth-order valence-corrected chi connectivity index (χ4v) is 3.77. The Bertz CT molecular complexity index is 1190. The lowest BCUT2D eigenvalue weighted by Crippen LogP contribution is -2.58. The first kappa shape index (κ1) is 31.9. The number of thiol groups is 1. The third kappa shape index (κ3) is 10.5. The van der Waals surface area contributed by atoms with Crippen molar-refractivity contribution in [1.82, 2.24) is 16.0 Å². The number of carboxylic acid groups (broad SMARTS) is 1. The number of phenols is 2. The first-order chi connectivity index (χ1) is 18.9. The minimum Gasteiger partial charge on any atom is -0.508 e. The molecule has 14 heteroatoms. The van der Waals surface area contributed by atoms with Gasteiger partial charge >= 0.3 is 5.97 Å². The highest BCUT2D eigenvalue weighted by Crippen LogP contribution is 2.14. The number of aliphatic carboxylic acids is 1. The Hall–Kier alpha value is -4.30. The molecule has 0 heterocycles. The molecule has 216 valence electrons. The van der Waals surface area contributed by atoms with Crippen LogP contribution in [-0.2, 0) is 36.8 Å². The Kier molecular flexibility index (Phi) is 12.2. The molecule has 2 aromatic rings. The largest absolute Gasteiger partial charge is 0.508 e. The first-order valence-electron chi connectivity index (χ1n) is 12.2. The van der Waals surface area contributed by atoms with E-state index < -0.39 is 53.8 Å². The molecule has 4 unspecified atom stereocenters. The van der Waals surface area contributed by atoms with E-state index in [0.29, 0.717) is 11.1 Å². The molecule has 13 nitrogen and oxygen atoms in total. The van der Waals surface area contributed by atoms with Gasteiger partial charge in [-0.25, -0.2) is 4.79 Å². The Morgan fingerprint density at radius 1 is 0.725 bits per heavy atom. The molecule has 40 heavy (non-hydrogen) atoms. The number of nitrogens with two attached hydrogens (primary N) is 2. The topological polar surface area (TPSA) is 234 Å². The highest BCUT2D eigenvalue weighted by atomic mass is 32.1. The van der Waals surface area contributed by atoms with Crippen LogP contribution in [0.5, 0.6) is 11.5 Å². The van der Waals surface area contributed by atoms with Crippen molar-refractivity contribution in [3.05, 3.63) is 59.7 Å². The molecular formula is C26H33N5O8S. The molecule has 0 saturated heterocycles. The van der Waals surface area contributed by atoms with Gasteiger partial charge in [-0.05, 0) is 41.8 Å². The molecule has 0 aliphatic rings. The summed E-state index contributed by atoms with van der Waals surface area (Å²) >= 11 is 4.00. The average Bonchev–Trinajstić information content (AvgIpc) is 2.91. The highest BCUT2D eigenvalue weighted by molar-refractivity contribution is 7.80. The molecule has 0 bridgehead atoms. The van der Waals surface area contributed by atoms with Gasteiger partial charge in [0.05, 0.1) is 6.04 Å². The van der Waals surface area contributed by atoms with Gasteiger partial charge in [0.1, 0.15) is 29.6 Å². The van der Waals surface area contributed by atoms with Crippen LogP contribution >= 0.6 is 12.6 Å². The normalized spacial score (nSPS) is 13.8. The van der Waals surface area contributed by atoms with Gasteiger partial charge in [-0.15, -0.1) is 0 Å². The summed E-state index contributed by atoms with van der Waals surface area (Å²) in [6.45, 7) is 0. The Morgan fingerprint density at radius 2 is 1.12 bits per heavy atom. The second kappa shape index (κ2) is 15.3. The highest BCUT2D eigenvalue weighted by Gasteiger charge is 2.30. The summed E-state index contributed by atoms with van der Waals surface area (Å²) in [5.41, 5.74) is 12.0. The lowest BCUT2D eigenvalue weighted by molar-refractivity contribution is -0.142. The van der Waals surface area contributed by atoms with Crippen LogP contribution in [0.15, 0.2) is 48.5 Å². The quantitative estimate of drug-likeness (QED) is 0.118. The molecule has 0 saturated carbocycles. The number of primary amides is 1. The zero-order valence-corrected chi connectivity index (χ0v) is 22.3. The van der Waals surface area contributed by atoms with Crippen molar-refractivity contribution in [3.8, 4) is 11.5 Å². The van der Waals surface area contributed by atoms with Crippen LogP contribution in [0.3, 0.4) is 0 Å². The maximum atomic E-state index is 13.4. The van der Waals surface area contributed by atoms with Gasteiger partial charge in [0.15, 0.2) is 0 Å². The smallest absolute Gasteiger partial charge is 0.326 e. The summed E-state index contributed by atoms with van der Waals surface area (Å²) in [5, 5.41) is 36.1. The Morgan fingerprint density at radius 3 is 1.50 bits per heavy atom. The molecular weight excluding hydrogens is 542 g/mol. The number of rotatable bonds is 15. The van der Waals surface area contributed by atoms with Gasteiger partial charge in [-0.2, -0.15) is 12.6 Å². The number of nitrogens with one attached hydrogen (secondary N) is 3. The maximum Gasteiger partial charge on any atom is 0.326 e. The summed E-state index contributed by atoms with van der Waals surface area (Å²) in [5.74, 6) is -4.46. The SMILES string of the molecule is NC(=O)CCC(NC(=O)C(Cc1ccc(O)cc1)NC(=O)C(Cc1ccc(O)cc1)NC(=O)C(N)CS)C(=O)O. The molecule has 2 aromatic carbocycles. The number of phenolic OH excluding ortho intramolecular Hbond substituents is 2. The van der Waals surface area contributed by atoms with E-state index >= 15 is 0 Å². The van der Waals surface area contributed by atoms with Gasteiger partial charge < -0.3 is 42.7 Å². The van der Waals surface area contributed by atoms with Crippen molar-refractivity contribution >= 4 is 42.2 Å². The molecule has 0 radical (unpaired) electrons. The molecule has 0 aromatic heterocycles. The number of benzene rings is 2. The second-order valence-corrected chi connectivity index (χ2v) is 9.42. The molecule has 4 amide bonds. The van der Waals surface area contributed by atoms with Crippen LogP contribution in [0.1, 0.15) is 24.0 Å². The van der Waals surface area contributed by atoms with Gasteiger partial charge in [0.25, 0.3) is 0 Å². The molecule has 2 rings (SSSR count). The lowest BCUT2D eigenvalue weighted by atomic mass is 10.0. The van der Waals surface area contributed by atoms with Crippen LogP contribution in [0.2, 0.25) is 0 Å². The van der Waals surface area contributed by atoms with Crippen molar-refractivity contribution < 1.29 is 39.3 Å². The molecule has 0 aliphatic heterocycles. The van der Waals surface area contributed by atoms with Crippen molar-refractivity contribution in [2.45, 2.75) is 49.9 Å². The number of amides is 4. The van der Waals surface area contributed by atoms with E-state index in [9.17, 15) is 39.3 Å². The minimum atomic E-state index is -1.46. The number of carbonyl (C=O) groups excluding carboxylic acids is 4. The minimum absolute atomic E-state index is 0.000774. The van der Waals surface area contributed by atoms with Gasteiger partial charge in [0, 0.05) is 25.0 Å². The number of carbonyl (C=O) groups is 5. The zero-order chi connectivity index (χ0) is 29.8. The van der Waals surface area contributed by atoms with E-state index in [2.05, 4.69) is 28.6 Å². The predicted octanol–water partition coefficient (Wildman–Crippen LogP) is -1.06. The lowest BCUT2D eigenvalue weighted by Gasteiger charge is -2.25. The monoisotopic (exact) mass is 575 g/mol. The average molecular weight is 576 g/mol. The summed E-state index contributed by atoms with van der Waals surface area (Å²) in [4.78, 5) is 61.9. The second-order valence-electron chi connectivity index (χ2n) is 9.06. The van der Waals surface area contributed by atoms with Crippen LogP contribution in [-0.4, -0.2) is 74.8 Å². The standard InChI is InChI=1S/C26H33N5O8S/c27-18(13-40)23(35)30-20(11-14-1-5-16(32)6-2-14)25(37)31-21(12-15-3-7-17(33)8-4-15)24(36)29-19(26(38)39)9-10-22(28)34/h1-8,18-21,32-33,40H,9-13,27H2,(H2,28,34)(H,29,36)(H,30,35)(H,31,37)(H,38,39). The molecule has 10 N–H and O–H groups in total. The number of hydrogen-bond acceptors (Lipinski definition) is 9. The number of hydrogen-bond donors (Lipinski definition) is 9. The summed E-state index contributed by atoms with van der Waals surface area (Å²) < 4.78 is 0. The maximum absolute atomic E-state index is 13.4. The van der Waals surface area contributed by atoms with Crippen LogP contribution < -0.4 is 27.4 Å². The van der Waals surface area contributed by atoms with Crippen molar-refractivity contribution in [2.75, 3.05) is 5.75 Å². The fraction of sp³-hybridized carbons (Fsp3) is 0.346. The first-order valence-corrected chi connectivity index (χ1v) is 12.9. The summed E-state index contributed by atoms with van der Waals surface area (Å²) in [7, 11) is 0. The summed E-state index contributed by atoms with van der Waals surface area (Å²) in [6.07, 6.45) is -0.688. The van der Waals surface area contributed by atoms with E-state index in [1.54, 1.807) is 12.1 Å². The third-order valence-electron chi connectivity index (χ3n) is 5.85. The van der Waals surface area contributed by atoms with Crippen LogP contribution in [0, 0.1) is 0 Å². The van der Waals surface area contributed by atoms with Gasteiger partial charge in [-0.1, -0.05) is 24.3 Å². The molecule has 0 spiro atoms. The van der Waals surface area contributed by atoms with Crippen LogP contribution in [0.25, 0.3) is 0 Å². The molecule has 4 atom stereocenters. The van der Waals surface area contributed by atoms with Crippen molar-refractivity contribution in [1.29, 1.82) is 0 Å². The summed E-state index contributed by atoms with van der Waals surface area (Å²) in [6, 6.07) is 6.72. The van der Waals surface area contributed by atoms with E-state index in [0.717, 1.165) is 0 Å². The Balaban J connectivity index is 2.33. The van der Waals surface area contributed by atoms with Crippen LogP contribution in [0.4, 0.5) is 0 Å². The Labute approximate surface area is 235 Å².